The van der Waals surface area contributed by atoms with E-state index in [-0.39, 0.29) is 17.7 Å². The maximum Gasteiger partial charge on any atom is 0.305 e. The predicted octanol–water partition coefficient (Wildman–Crippen LogP) is 2.05. The molecule has 8 heteroatoms. The third kappa shape index (κ3) is 4.76. The van der Waals surface area contributed by atoms with Crippen LogP contribution in [0.25, 0.3) is 0 Å². The number of carbonyl (C=O) groups is 2. The second kappa shape index (κ2) is 8.39. The van der Waals surface area contributed by atoms with Crippen LogP contribution in [0, 0.1) is 0 Å². The van der Waals surface area contributed by atoms with Crippen LogP contribution in [0.1, 0.15) is 47.6 Å². The molecule has 2 N–H and O–H groups in total. The Bertz CT molecular complexity index is 755. The van der Waals surface area contributed by atoms with E-state index in [1.54, 1.807) is 12.1 Å². The molecule has 2 aromatic heterocycles. The first-order valence-corrected chi connectivity index (χ1v) is 8.53. The van der Waals surface area contributed by atoms with E-state index in [1.165, 1.54) is 28.2 Å². The second-order valence-electron chi connectivity index (χ2n) is 5.27. The Morgan fingerprint density at radius 1 is 1.38 bits per heavy atom. The lowest BCUT2D eigenvalue weighted by Crippen LogP contribution is -2.33. The summed E-state index contributed by atoms with van der Waals surface area (Å²) in [6, 6.07) is 5.59. The van der Waals surface area contributed by atoms with E-state index in [1.807, 2.05) is 12.3 Å². The number of hydrogen-bond acceptors (Lipinski definition) is 5. The Balaban J connectivity index is 2.17. The third-order valence-corrected chi connectivity index (χ3v) is 4.38. The number of amides is 1. The van der Waals surface area contributed by atoms with Gasteiger partial charge >= 0.3 is 5.97 Å². The molecule has 2 rings (SSSR count). The number of carboxylic acid groups (broad SMARTS) is 1. The highest BCUT2D eigenvalue weighted by Gasteiger charge is 2.20. The number of aliphatic carboxylic acids is 1. The molecule has 0 aliphatic rings. The van der Waals surface area contributed by atoms with Crippen molar-refractivity contribution in [1.82, 2.24) is 15.1 Å². The molecular formula is C16H19N3O4S. The fourth-order valence-corrected chi connectivity index (χ4v) is 2.94. The summed E-state index contributed by atoms with van der Waals surface area (Å²) in [5.74, 6) is -1.51. The highest BCUT2D eigenvalue weighted by Crippen LogP contribution is 2.22. The molecule has 1 atom stereocenters. The van der Waals surface area contributed by atoms with Gasteiger partial charge in [0.1, 0.15) is 5.69 Å². The topological polar surface area (TPSA) is 101 Å². The quantitative estimate of drug-likeness (QED) is 0.759. The van der Waals surface area contributed by atoms with Crippen LogP contribution in [0.3, 0.4) is 0 Å². The zero-order chi connectivity index (χ0) is 17.5. The van der Waals surface area contributed by atoms with E-state index < -0.39 is 17.9 Å². The van der Waals surface area contributed by atoms with E-state index in [0.717, 1.165) is 17.7 Å². The van der Waals surface area contributed by atoms with Crippen LogP contribution in [0.15, 0.2) is 34.4 Å². The maximum atomic E-state index is 12.4. The Labute approximate surface area is 142 Å². The monoisotopic (exact) mass is 349 g/mol. The van der Waals surface area contributed by atoms with Gasteiger partial charge in [-0.25, -0.2) is 4.68 Å². The molecule has 0 aliphatic carbocycles. The van der Waals surface area contributed by atoms with Gasteiger partial charge < -0.3 is 10.4 Å². The van der Waals surface area contributed by atoms with E-state index in [2.05, 4.69) is 10.4 Å². The summed E-state index contributed by atoms with van der Waals surface area (Å²) in [7, 11) is 0. The van der Waals surface area contributed by atoms with Gasteiger partial charge in [-0.3, -0.25) is 14.4 Å². The molecule has 2 heterocycles. The standard InChI is InChI=1S/C16H19N3O4S/c1-2-3-8-19-14(20)7-6-11(18-19)16(23)17-12(10-15(21)22)13-5-4-9-24-13/h4-7,9,12H,2-3,8,10H2,1H3,(H,17,23)(H,21,22)/t12-/m0/s1. The van der Waals surface area contributed by atoms with Crippen molar-refractivity contribution in [1.29, 1.82) is 0 Å². The Kier molecular flexibility index (Phi) is 6.25. The number of nitrogens with zero attached hydrogens (tertiary/aromatic N) is 2. The van der Waals surface area contributed by atoms with Gasteiger partial charge in [0.15, 0.2) is 0 Å². The van der Waals surface area contributed by atoms with Crippen molar-refractivity contribution in [3.8, 4) is 0 Å². The van der Waals surface area contributed by atoms with Crippen LogP contribution < -0.4 is 10.9 Å². The van der Waals surface area contributed by atoms with Gasteiger partial charge in [-0.1, -0.05) is 19.4 Å². The number of hydrogen-bond donors (Lipinski definition) is 2. The van der Waals surface area contributed by atoms with Gasteiger partial charge in [0, 0.05) is 17.5 Å². The normalized spacial score (nSPS) is 11.9. The number of aryl methyl sites for hydroxylation is 1. The Morgan fingerprint density at radius 2 is 2.17 bits per heavy atom. The number of rotatable bonds is 8. The second-order valence-corrected chi connectivity index (χ2v) is 6.25. The number of carboxylic acids is 1. The fraction of sp³-hybridized carbons (Fsp3) is 0.375. The highest BCUT2D eigenvalue weighted by molar-refractivity contribution is 7.10. The minimum absolute atomic E-state index is 0.0950. The first kappa shape index (κ1) is 17.9. The third-order valence-electron chi connectivity index (χ3n) is 3.39. The summed E-state index contributed by atoms with van der Waals surface area (Å²) >= 11 is 1.37. The van der Waals surface area contributed by atoms with Crippen molar-refractivity contribution in [3.05, 3.63) is 50.6 Å². The smallest absolute Gasteiger partial charge is 0.305 e. The van der Waals surface area contributed by atoms with Crippen LogP contribution in [-0.2, 0) is 11.3 Å². The lowest BCUT2D eigenvalue weighted by molar-refractivity contribution is -0.137. The Hall–Kier alpha value is -2.48. The predicted molar refractivity (Wildman–Crippen MR) is 90.2 cm³/mol. The fourth-order valence-electron chi connectivity index (χ4n) is 2.16. The average molecular weight is 349 g/mol. The van der Waals surface area contributed by atoms with Crippen molar-refractivity contribution < 1.29 is 14.7 Å². The van der Waals surface area contributed by atoms with Crippen LogP contribution in [0.5, 0.6) is 0 Å². The first-order valence-electron chi connectivity index (χ1n) is 7.65. The van der Waals surface area contributed by atoms with Gasteiger partial charge in [-0.15, -0.1) is 11.3 Å². The van der Waals surface area contributed by atoms with Gasteiger partial charge in [0.05, 0.1) is 12.5 Å². The summed E-state index contributed by atoms with van der Waals surface area (Å²) < 4.78 is 1.26. The Morgan fingerprint density at radius 3 is 2.79 bits per heavy atom. The van der Waals surface area contributed by atoms with Crippen LogP contribution in [0.2, 0.25) is 0 Å². The van der Waals surface area contributed by atoms with Gasteiger partial charge in [0.25, 0.3) is 11.5 Å². The summed E-state index contributed by atoms with van der Waals surface area (Å²) in [5, 5.41) is 17.6. The highest BCUT2D eigenvalue weighted by atomic mass is 32.1. The molecule has 2 aromatic rings. The molecule has 0 saturated heterocycles. The van der Waals surface area contributed by atoms with Crippen LogP contribution >= 0.6 is 11.3 Å². The largest absolute Gasteiger partial charge is 0.481 e. The lowest BCUT2D eigenvalue weighted by atomic mass is 10.1. The number of aromatic nitrogens is 2. The zero-order valence-electron chi connectivity index (χ0n) is 13.3. The minimum atomic E-state index is -1.01. The summed E-state index contributed by atoms with van der Waals surface area (Å²) in [6.07, 6.45) is 1.47. The van der Waals surface area contributed by atoms with Crippen LogP contribution in [-0.4, -0.2) is 26.8 Å². The molecule has 0 fully saturated rings. The van der Waals surface area contributed by atoms with E-state index in [4.69, 9.17) is 5.11 Å². The molecule has 0 radical (unpaired) electrons. The van der Waals surface area contributed by atoms with Crippen molar-refractivity contribution in [2.75, 3.05) is 0 Å². The molecule has 0 bridgehead atoms. The molecule has 7 nitrogen and oxygen atoms in total. The molecular weight excluding hydrogens is 330 g/mol. The number of carbonyl (C=O) groups excluding carboxylic acids is 1. The minimum Gasteiger partial charge on any atom is -0.481 e. The molecule has 0 aliphatic heterocycles. The molecule has 0 saturated carbocycles. The lowest BCUT2D eigenvalue weighted by Gasteiger charge is -2.15. The van der Waals surface area contributed by atoms with Crippen LogP contribution in [0.4, 0.5) is 0 Å². The SMILES string of the molecule is CCCCn1nc(C(=O)N[C@@H](CC(=O)O)c2cccs2)ccc1=O. The summed E-state index contributed by atoms with van der Waals surface area (Å²) in [5.41, 5.74) is -0.169. The molecule has 1 amide bonds. The van der Waals surface area contributed by atoms with E-state index in [9.17, 15) is 14.4 Å². The van der Waals surface area contributed by atoms with Gasteiger partial charge in [-0.05, 0) is 23.9 Å². The maximum absolute atomic E-state index is 12.4. The summed E-state index contributed by atoms with van der Waals surface area (Å²) in [6.45, 7) is 2.44. The molecule has 0 aromatic carbocycles. The van der Waals surface area contributed by atoms with Gasteiger partial charge in [0.2, 0.25) is 0 Å². The van der Waals surface area contributed by atoms with Crippen molar-refractivity contribution in [3.63, 3.8) is 0 Å². The molecule has 128 valence electrons. The zero-order valence-corrected chi connectivity index (χ0v) is 14.1. The number of nitrogens with one attached hydrogen (secondary N) is 1. The first-order chi connectivity index (χ1) is 11.5. The summed E-state index contributed by atoms with van der Waals surface area (Å²) in [4.78, 5) is 35.9. The van der Waals surface area contributed by atoms with E-state index in [0.29, 0.717) is 6.54 Å². The number of unbranched alkanes of at least 4 members (excludes halogenated alkanes) is 1. The van der Waals surface area contributed by atoms with Crippen molar-refractivity contribution in [2.45, 2.75) is 38.8 Å². The molecule has 24 heavy (non-hydrogen) atoms. The van der Waals surface area contributed by atoms with Gasteiger partial charge in [-0.2, -0.15) is 5.10 Å². The molecule has 0 spiro atoms. The van der Waals surface area contributed by atoms with Crippen molar-refractivity contribution >= 4 is 23.2 Å². The van der Waals surface area contributed by atoms with E-state index >= 15 is 0 Å². The molecule has 0 unspecified atom stereocenters. The average Bonchev–Trinajstić information content (AvgIpc) is 3.07. The van der Waals surface area contributed by atoms with Crippen molar-refractivity contribution in [2.24, 2.45) is 0 Å². The number of thiophene rings is 1.